The minimum Gasteiger partial charge on any atom is -0.444 e. The van der Waals surface area contributed by atoms with E-state index in [-0.39, 0.29) is 0 Å². The van der Waals surface area contributed by atoms with Gasteiger partial charge in [-0.2, -0.15) is 0 Å². The Hall–Kier alpha value is -2.97. The number of amides is 1. The summed E-state index contributed by atoms with van der Waals surface area (Å²) in [4.78, 5) is 26.5. The molecule has 9 nitrogen and oxygen atoms in total. The molecule has 27 heavy (non-hydrogen) atoms. The fourth-order valence-corrected chi connectivity index (χ4v) is 2.85. The highest BCUT2D eigenvalue weighted by atomic mass is 16.6. The van der Waals surface area contributed by atoms with Crippen molar-refractivity contribution in [2.45, 2.75) is 51.7 Å². The van der Waals surface area contributed by atoms with Gasteiger partial charge in [0.05, 0.1) is 5.69 Å². The van der Waals surface area contributed by atoms with Gasteiger partial charge in [0.1, 0.15) is 23.7 Å². The van der Waals surface area contributed by atoms with Crippen molar-refractivity contribution in [1.82, 2.24) is 25.1 Å². The van der Waals surface area contributed by atoms with E-state index in [1.165, 1.54) is 15.9 Å². The predicted molar refractivity (Wildman–Crippen MR) is 95.4 cm³/mol. The molecule has 144 valence electrons. The number of piperidine rings is 1. The number of nitrogens with zero attached hydrogens (tertiary/aromatic N) is 5. The highest BCUT2D eigenvalue weighted by molar-refractivity contribution is 5.83. The molecule has 9 heteroatoms. The van der Waals surface area contributed by atoms with Gasteiger partial charge in [0.25, 0.3) is 0 Å². The van der Waals surface area contributed by atoms with Gasteiger partial charge >= 0.3 is 12.1 Å². The van der Waals surface area contributed by atoms with E-state index in [9.17, 15) is 9.59 Å². The molecular weight excluding hydrogens is 350 g/mol. The van der Waals surface area contributed by atoms with Crippen LogP contribution < -0.4 is 4.74 Å². The third-order valence-electron chi connectivity index (χ3n) is 4.07. The van der Waals surface area contributed by atoms with Crippen LogP contribution in [0, 0.1) is 0 Å². The van der Waals surface area contributed by atoms with E-state index in [1.54, 1.807) is 45.0 Å². The van der Waals surface area contributed by atoms with Crippen molar-refractivity contribution in [3.63, 3.8) is 0 Å². The van der Waals surface area contributed by atoms with Gasteiger partial charge in [-0.25, -0.2) is 14.3 Å². The third kappa shape index (κ3) is 4.81. The van der Waals surface area contributed by atoms with Gasteiger partial charge in [-0.1, -0.05) is 0 Å². The number of rotatable bonds is 3. The summed E-state index contributed by atoms with van der Waals surface area (Å²) >= 11 is 0. The Morgan fingerprint density at radius 3 is 2.52 bits per heavy atom. The molecule has 0 N–H and O–H groups in total. The number of aromatic nitrogens is 4. The predicted octanol–water partition coefficient (Wildman–Crippen LogP) is 2.36. The van der Waals surface area contributed by atoms with Crippen LogP contribution in [0.5, 0.6) is 5.75 Å². The first-order valence-electron chi connectivity index (χ1n) is 8.88. The minimum atomic E-state index is -0.646. The maximum Gasteiger partial charge on any atom is 0.411 e. The smallest absolute Gasteiger partial charge is 0.411 e. The van der Waals surface area contributed by atoms with Gasteiger partial charge in [0.2, 0.25) is 0 Å². The number of esters is 1. The van der Waals surface area contributed by atoms with Crippen LogP contribution in [0.4, 0.5) is 4.79 Å². The van der Waals surface area contributed by atoms with E-state index < -0.39 is 23.7 Å². The van der Waals surface area contributed by atoms with E-state index in [2.05, 4.69) is 15.5 Å². The van der Waals surface area contributed by atoms with Crippen LogP contribution >= 0.6 is 0 Å². The standard InChI is InChI=1S/C18H23N5O4/c1-18(2,3)27-17(25)22-11-5-4-6-15(22)16(24)26-14-9-7-13(8-10-14)23-12-19-20-21-23/h7-10,12,15H,4-6,11H2,1-3H3/t15-/m0/s1. The average molecular weight is 373 g/mol. The number of carbonyl (C=O) groups excluding carboxylic acids is 2. The zero-order valence-electron chi connectivity index (χ0n) is 15.7. The summed E-state index contributed by atoms with van der Waals surface area (Å²) in [5.74, 6) is -0.0673. The molecule has 0 radical (unpaired) electrons. The van der Waals surface area contributed by atoms with E-state index >= 15 is 0 Å². The van der Waals surface area contributed by atoms with Gasteiger partial charge in [-0.05, 0) is 74.7 Å². The molecule has 0 aliphatic carbocycles. The largest absolute Gasteiger partial charge is 0.444 e. The van der Waals surface area contributed by atoms with E-state index in [1.807, 2.05) is 0 Å². The third-order valence-corrected chi connectivity index (χ3v) is 4.07. The second-order valence-electron chi connectivity index (χ2n) is 7.35. The monoisotopic (exact) mass is 373 g/mol. The quantitative estimate of drug-likeness (QED) is 0.601. The van der Waals surface area contributed by atoms with E-state index in [4.69, 9.17) is 9.47 Å². The molecule has 1 aromatic heterocycles. The van der Waals surface area contributed by atoms with Crippen molar-refractivity contribution < 1.29 is 19.1 Å². The molecule has 0 unspecified atom stereocenters. The van der Waals surface area contributed by atoms with Crippen LogP contribution in [0.25, 0.3) is 5.69 Å². The van der Waals surface area contributed by atoms with Crippen molar-refractivity contribution in [2.24, 2.45) is 0 Å². The second kappa shape index (κ2) is 7.73. The lowest BCUT2D eigenvalue weighted by Gasteiger charge is -2.35. The molecule has 0 saturated carbocycles. The Bertz CT molecular complexity index is 783. The van der Waals surface area contributed by atoms with Gasteiger partial charge < -0.3 is 9.47 Å². The lowest BCUT2D eigenvalue weighted by Crippen LogP contribution is -2.51. The Morgan fingerprint density at radius 2 is 1.89 bits per heavy atom. The van der Waals surface area contributed by atoms with Gasteiger partial charge in [-0.15, -0.1) is 5.10 Å². The number of ether oxygens (including phenoxy) is 2. The summed E-state index contributed by atoms with van der Waals surface area (Å²) in [6.07, 6.45) is 3.24. The molecule has 1 fully saturated rings. The molecule has 2 heterocycles. The fourth-order valence-electron chi connectivity index (χ4n) is 2.85. The fraction of sp³-hybridized carbons (Fsp3) is 0.500. The number of carbonyl (C=O) groups is 2. The van der Waals surface area contributed by atoms with Gasteiger partial charge in [-0.3, -0.25) is 4.90 Å². The summed E-state index contributed by atoms with van der Waals surface area (Å²) in [6, 6.07) is 6.16. The van der Waals surface area contributed by atoms with Crippen molar-refractivity contribution in [3.05, 3.63) is 30.6 Å². The first-order valence-corrected chi connectivity index (χ1v) is 8.88. The Morgan fingerprint density at radius 1 is 1.15 bits per heavy atom. The maximum atomic E-state index is 12.7. The van der Waals surface area contributed by atoms with Crippen LogP contribution in [-0.4, -0.2) is 55.4 Å². The van der Waals surface area contributed by atoms with Crippen molar-refractivity contribution >= 4 is 12.1 Å². The van der Waals surface area contributed by atoms with Crippen LogP contribution in [0.1, 0.15) is 40.0 Å². The molecule has 1 aromatic carbocycles. The van der Waals surface area contributed by atoms with Crippen molar-refractivity contribution in [3.8, 4) is 11.4 Å². The van der Waals surface area contributed by atoms with Crippen LogP contribution in [-0.2, 0) is 9.53 Å². The van der Waals surface area contributed by atoms with Gasteiger partial charge in [0.15, 0.2) is 0 Å². The lowest BCUT2D eigenvalue weighted by atomic mass is 10.0. The Balaban J connectivity index is 1.67. The van der Waals surface area contributed by atoms with Crippen LogP contribution in [0.3, 0.4) is 0 Å². The highest BCUT2D eigenvalue weighted by Crippen LogP contribution is 2.23. The summed E-state index contributed by atoms with van der Waals surface area (Å²) in [5.41, 5.74) is 0.127. The number of benzene rings is 1. The zero-order chi connectivity index (χ0) is 19.4. The number of tetrazole rings is 1. The molecule has 1 amide bonds. The highest BCUT2D eigenvalue weighted by Gasteiger charge is 2.36. The number of hydrogen-bond donors (Lipinski definition) is 0. The topological polar surface area (TPSA) is 99.4 Å². The minimum absolute atomic E-state index is 0.395. The summed E-state index contributed by atoms with van der Waals surface area (Å²) in [6.45, 7) is 5.88. The molecular formula is C18H23N5O4. The van der Waals surface area contributed by atoms with E-state index in [0.29, 0.717) is 18.7 Å². The first-order chi connectivity index (χ1) is 12.8. The SMILES string of the molecule is CC(C)(C)OC(=O)N1CCCC[C@H]1C(=O)Oc1ccc(-n2cnnn2)cc1. The Labute approximate surface area is 157 Å². The second-order valence-corrected chi connectivity index (χ2v) is 7.35. The number of likely N-dealkylation sites (tertiary alicyclic amines) is 1. The molecule has 3 rings (SSSR count). The first kappa shape index (κ1) is 18.8. The normalized spacial score (nSPS) is 17.4. The summed E-state index contributed by atoms with van der Waals surface area (Å²) in [5, 5.41) is 11.0. The molecule has 1 saturated heterocycles. The van der Waals surface area contributed by atoms with E-state index in [0.717, 1.165) is 18.5 Å². The average Bonchev–Trinajstić information content (AvgIpc) is 3.15. The lowest BCUT2D eigenvalue weighted by molar-refractivity contribution is -0.141. The van der Waals surface area contributed by atoms with Gasteiger partial charge in [0, 0.05) is 6.54 Å². The molecule has 0 spiro atoms. The molecule has 0 bridgehead atoms. The summed E-state index contributed by atoms with van der Waals surface area (Å²) < 4.78 is 12.4. The summed E-state index contributed by atoms with van der Waals surface area (Å²) in [7, 11) is 0. The molecule has 2 aromatic rings. The van der Waals surface area contributed by atoms with Crippen LogP contribution in [0.2, 0.25) is 0 Å². The van der Waals surface area contributed by atoms with Crippen molar-refractivity contribution in [2.75, 3.05) is 6.54 Å². The molecule has 1 aliphatic rings. The van der Waals surface area contributed by atoms with Crippen LogP contribution in [0.15, 0.2) is 30.6 Å². The maximum absolute atomic E-state index is 12.7. The Kier molecular flexibility index (Phi) is 5.38. The molecule has 1 atom stereocenters. The van der Waals surface area contributed by atoms with Crippen molar-refractivity contribution in [1.29, 1.82) is 0 Å². The number of hydrogen-bond acceptors (Lipinski definition) is 7. The zero-order valence-corrected chi connectivity index (χ0v) is 15.7. The molecule has 1 aliphatic heterocycles.